The third-order valence-corrected chi connectivity index (χ3v) is 3.04. The van der Waals surface area contributed by atoms with Crippen LogP contribution in [0, 0.1) is 17.2 Å². The number of nitrogens with one attached hydrogen (secondary N) is 2. The Balaban J connectivity index is 2.24. The maximum absolute atomic E-state index is 11.5. The van der Waals surface area contributed by atoms with Crippen molar-refractivity contribution in [2.75, 3.05) is 39.3 Å². The van der Waals surface area contributed by atoms with Gasteiger partial charge in [0.1, 0.15) is 6.54 Å². The Kier molecular flexibility index (Phi) is 6.85. The normalized spacial score (nSPS) is 19.6. The van der Waals surface area contributed by atoms with Gasteiger partial charge in [-0.05, 0) is 31.8 Å². The fourth-order valence-electron chi connectivity index (χ4n) is 2.24. The molecule has 0 aromatic rings. The molecule has 1 unspecified atom stereocenters. The van der Waals surface area contributed by atoms with Crippen LogP contribution in [0.15, 0.2) is 0 Å². The van der Waals surface area contributed by atoms with Crippen LogP contribution >= 0.6 is 0 Å². The third-order valence-electron chi connectivity index (χ3n) is 3.04. The van der Waals surface area contributed by atoms with Gasteiger partial charge in [0.05, 0.1) is 19.2 Å². The molecule has 1 saturated heterocycles. The highest BCUT2D eigenvalue weighted by Crippen LogP contribution is 2.15. The van der Waals surface area contributed by atoms with Crippen molar-refractivity contribution < 1.29 is 14.7 Å². The number of nitrogens with zero attached hydrogens (tertiary/aromatic N) is 2. The third kappa shape index (κ3) is 6.74. The minimum Gasteiger partial charge on any atom is -0.480 e. The standard InChI is InChI=1S/C12H20N4O3/c13-3-4-15-11(17)9-16-5-1-2-10(8-16)6-14-7-12(18)19/h10,14H,1-2,4-9H2,(H,15,17)(H,18,19). The number of carbonyl (C=O) groups excluding carboxylic acids is 1. The van der Waals surface area contributed by atoms with Crippen LogP contribution in [0.4, 0.5) is 0 Å². The minimum absolute atomic E-state index is 0.0286. The Morgan fingerprint density at radius 2 is 2.26 bits per heavy atom. The number of likely N-dealkylation sites (tertiary alicyclic amines) is 1. The Bertz CT molecular complexity index is 353. The van der Waals surface area contributed by atoms with Gasteiger partial charge in [0.15, 0.2) is 0 Å². The number of nitriles is 1. The van der Waals surface area contributed by atoms with E-state index in [1.807, 2.05) is 11.0 Å². The molecule has 1 amide bonds. The Morgan fingerprint density at radius 1 is 1.47 bits per heavy atom. The van der Waals surface area contributed by atoms with Gasteiger partial charge in [-0.1, -0.05) is 0 Å². The van der Waals surface area contributed by atoms with E-state index in [4.69, 9.17) is 10.4 Å². The summed E-state index contributed by atoms with van der Waals surface area (Å²) in [5.74, 6) is -0.624. The van der Waals surface area contributed by atoms with Crippen molar-refractivity contribution in [3.8, 4) is 6.07 Å². The molecule has 0 spiro atoms. The Hall–Kier alpha value is -1.65. The van der Waals surface area contributed by atoms with E-state index in [1.54, 1.807) is 0 Å². The number of amides is 1. The van der Waals surface area contributed by atoms with Gasteiger partial charge < -0.3 is 15.7 Å². The van der Waals surface area contributed by atoms with E-state index in [-0.39, 0.29) is 19.0 Å². The molecule has 0 bridgehead atoms. The minimum atomic E-state index is -0.858. The topological polar surface area (TPSA) is 105 Å². The van der Waals surface area contributed by atoms with Gasteiger partial charge >= 0.3 is 5.97 Å². The van der Waals surface area contributed by atoms with E-state index in [1.165, 1.54) is 0 Å². The second kappa shape index (κ2) is 8.45. The molecule has 3 N–H and O–H groups in total. The molecule has 1 heterocycles. The van der Waals surface area contributed by atoms with Gasteiger partial charge in [0.25, 0.3) is 0 Å². The number of carboxylic acid groups (broad SMARTS) is 1. The van der Waals surface area contributed by atoms with Crippen LogP contribution in [0.2, 0.25) is 0 Å². The number of rotatable bonds is 7. The van der Waals surface area contributed by atoms with Crippen LogP contribution in [-0.4, -0.2) is 61.2 Å². The highest BCUT2D eigenvalue weighted by Gasteiger charge is 2.21. The first kappa shape index (κ1) is 15.4. The predicted molar refractivity (Wildman–Crippen MR) is 68.3 cm³/mol. The summed E-state index contributed by atoms with van der Waals surface area (Å²) in [6.45, 7) is 2.62. The number of carbonyl (C=O) groups is 2. The van der Waals surface area contributed by atoms with E-state index in [0.29, 0.717) is 19.0 Å². The van der Waals surface area contributed by atoms with Crippen LogP contribution in [0.25, 0.3) is 0 Å². The molecule has 1 aliphatic heterocycles. The molecule has 0 aliphatic carbocycles. The monoisotopic (exact) mass is 268 g/mol. The molecule has 0 radical (unpaired) electrons. The number of carboxylic acids is 1. The lowest BCUT2D eigenvalue weighted by Crippen LogP contribution is -2.45. The number of hydrogen-bond donors (Lipinski definition) is 3. The maximum atomic E-state index is 11.5. The molecule has 1 fully saturated rings. The zero-order chi connectivity index (χ0) is 14.1. The summed E-state index contributed by atoms with van der Waals surface area (Å²) in [5.41, 5.74) is 0. The van der Waals surface area contributed by atoms with Gasteiger partial charge in [-0.3, -0.25) is 14.5 Å². The van der Waals surface area contributed by atoms with Crippen molar-refractivity contribution in [3.63, 3.8) is 0 Å². The van der Waals surface area contributed by atoms with Gasteiger partial charge in [-0.2, -0.15) is 5.26 Å². The quantitative estimate of drug-likeness (QED) is 0.512. The number of hydrogen-bond acceptors (Lipinski definition) is 5. The van der Waals surface area contributed by atoms with Crippen LogP contribution in [0.3, 0.4) is 0 Å². The molecule has 1 aliphatic rings. The van der Waals surface area contributed by atoms with Crippen LogP contribution in [0.1, 0.15) is 12.8 Å². The van der Waals surface area contributed by atoms with Crippen molar-refractivity contribution in [1.29, 1.82) is 5.26 Å². The summed E-state index contributed by atoms with van der Waals surface area (Å²) in [6, 6.07) is 1.87. The lowest BCUT2D eigenvalue weighted by molar-refractivity contribution is -0.136. The smallest absolute Gasteiger partial charge is 0.317 e. The molecule has 0 saturated carbocycles. The molecular formula is C12H20N4O3. The lowest BCUT2D eigenvalue weighted by atomic mass is 9.98. The summed E-state index contributed by atoms with van der Waals surface area (Å²) >= 11 is 0. The van der Waals surface area contributed by atoms with Crippen LogP contribution < -0.4 is 10.6 Å². The molecule has 106 valence electrons. The van der Waals surface area contributed by atoms with Crippen molar-refractivity contribution in [1.82, 2.24) is 15.5 Å². The van der Waals surface area contributed by atoms with Crippen molar-refractivity contribution in [2.45, 2.75) is 12.8 Å². The van der Waals surface area contributed by atoms with Crippen LogP contribution in [-0.2, 0) is 9.59 Å². The molecule has 0 aromatic carbocycles. The summed E-state index contributed by atoms with van der Waals surface area (Å²) in [7, 11) is 0. The second-order valence-electron chi connectivity index (χ2n) is 4.70. The molecule has 7 nitrogen and oxygen atoms in total. The molecular weight excluding hydrogens is 248 g/mol. The average molecular weight is 268 g/mol. The van der Waals surface area contributed by atoms with E-state index in [0.717, 1.165) is 25.9 Å². The Labute approximate surface area is 112 Å². The first-order chi connectivity index (χ1) is 9.11. The lowest BCUT2D eigenvalue weighted by Gasteiger charge is -2.32. The van der Waals surface area contributed by atoms with Gasteiger partial charge in [0, 0.05) is 6.54 Å². The van der Waals surface area contributed by atoms with Gasteiger partial charge in [0.2, 0.25) is 5.91 Å². The van der Waals surface area contributed by atoms with Gasteiger partial charge in [-0.25, -0.2) is 0 Å². The zero-order valence-electron chi connectivity index (χ0n) is 10.9. The first-order valence-corrected chi connectivity index (χ1v) is 6.40. The fourth-order valence-corrected chi connectivity index (χ4v) is 2.24. The molecule has 19 heavy (non-hydrogen) atoms. The summed E-state index contributed by atoms with van der Waals surface area (Å²) in [4.78, 5) is 23.9. The Morgan fingerprint density at radius 3 is 2.95 bits per heavy atom. The number of aliphatic carboxylic acids is 1. The van der Waals surface area contributed by atoms with E-state index in [9.17, 15) is 9.59 Å². The van der Waals surface area contributed by atoms with Crippen molar-refractivity contribution in [3.05, 3.63) is 0 Å². The van der Waals surface area contributed by atoms with Crippen LogP contribution in [0.5, 0.6) is 0 Å². The zero-order valence-corrected chi connectivity index (χ0v) is 10.9. The maximum Gasteiger partial charge on any atom is 0.317 e. The molecule has 7 heteroatoms. The second-order valence-corrected chi connectivity index (χ2v) is 4.70. The van der Waals surface area contributed by atoms with Gasteiger partial charge in [-0.15, -0.1) is 0 Å². The summed E-state index contributed by atoms with van der Waals surface area (Å²) < 4.78 is 0. The highest BCUT2D eigenvalue weighted by molar-refractivity contribution is 5.78. The first-order valence-electron chi connectivity index (χ1n) is 6.40. The van der Waals surface area contributed by atoms with E-state index in [2.05, 4.69) is 10.6 Å². The fraction of sp³-hybridized carbons (Fsp3) is 0.750. The number of piperidine rings is 1. The largest absolute Gasteiger partial charge is 0.480 e. The van der Waals surface area contributed by atoms with E-state index < -0.39 is 5.97 Å². The highest BCUT2D eigenvalue weighted by atomic mass is 16.4. The molecule has 1 rings (SSSR count). The predicted octanol–water partition coefficient (Wildman–Crippen LogP) is -0.988. The van der Waals surface area contributed by atoms with E-state index >= 15 is 0 Å². The molecule has 0 aromatic heterocycles. The average Bonchev–Trinajstić information content (AvgIpc) is 2.36. The van der Waals surface area contributed by atoms with Crippen molar-refractivity contribution in [2.24, 2.45) is 5.92 Å². The summed E-state index contributed by atoms with van der Waals surface area (Å²) in [6.07, 6.45) is 2.05. The SMILES string of the molecule is N#CCNC(=O)CN1CCCC(CNCC(=O)O)C1. The molecule has 1 atom stereocenters. The van der Waals surface area contributed by atoms with Crippen molar-refractivity contribution >= 4 is 11.9 Å². The summed E-state index contributed by atoms with van der Waals surface area (Å²) in [5, 5.41) is 22.3.